The van der Waals surface area contributed by atoms with Crippen molar-refractivity contribution >= 4 is 29.1 Å². The summed E-state index contributed by atoms with van der Waals surface area (Å²) in [6.45, 7) is 4.00. The third-order valence-corrected chi connectivity index (χ3v) is 5.36. The first-order chi connectivity index (χ1) is 15.0. The molecule has 0 aliphatic carbocycles. The Bertz CT molecular complexity index is 1110. The number of hydrogen-bond donors (Lipinski definition) is 0. The van der Waals surface area contributed by atoms with E-state index in [2.05, 4.69) is 0 Å². The van der Waals surface area contributed by atoms with E-state index in [4.69, 9.17) is 0 Å². The van der Waals surface area contributed by atoms with Crippen molar-refractivity contribution in [1.29, 1.82) is 0 Å². The van der Waals surface area contributed by atoms with Crippen LogP contribution in [-0.2, 0) is 4.79 Å². The molecule has 0 saturated heterocycles. The van der Waals surface area contributed by atoms with Crippen LogP contribution >= 0.6 is 0 Å². The minimum atomic E-state index is -0.768. The van der Waals surface area contributed by atoms with Crippen LogP contribution < -0.4 is 9.80 Å². The highest BCUT2D eigenvalue weighted by Gasteiger charge is 2.44. The van der Waals surface area contributed by atoms with Gasteiger partial charge in [-0.3, -0.25) is 19.3 Å². The number of benzene rings is 3. The maximum Gasteiger partial charge on any atom is 0.265 e. The number of amides is 3. The summed E-state index contributed by atoms with van der Waals surface area (Å²) >= 11 is 0. The molecule has 0 N–H and O–H groups in total. The zero-order valence-electron chi connectivity index (χ0n) is 17.6. The molecular weight excluding hydrogens is 388 g/mol. The summed E-state index contributed by atoms with van der Waals surface area (Å²) in [7, 11) is 0. The molecule has 0 aromatic heterocycles. The monoisotopic (exact) mass is 412 g/mol. The predicted octanol–water partition coefficient (Wildman–Crippen LogP) is 4.94. The molecule has 156 valence electrons. The Hall–Kier alpha value is -3.73. The molecule has 3 aromatic rings. The second-order valence-corrected chi connectivity index (χ2v) is 8.02. The van der Waals surface area contributed by atoms with Gasteiger partial charge >= 0.3 is 0 Å². The van der Waals surface area contributed by atoms with Crippen LogP contribution in [-0.4, -0.2) is 23.8 Å². The highest BCUT2D eigenvalue weighted by atomic mass is 16.2. The van der Waals surface area contributed by atoms with Gasteiger partial charge in [0.2, 0.25) is 0 Å². The lowest BCUT2D eigenvalue weighted by atomic mass is 9.95. The lowest BCUT2D eigenvalue weighted by molar-refractivity contribution is -0.119. The van der Waals surface area contributed by atoms with E-state index in [0.717, 1.165) is 0 Å². The van der Waals surface area contributed by atoms with Gasteiger partial charge in [0.1, 0.15) is 6.04 Å². The van der Waals surface area contributed by atoms with E-state index in [9.17, 15) is 14.4 Å². The van der Waals surface area contributed by atoms with E-state index in [-0.39, 0.29) is 17.7 Å². The third-order valence-electron chi connectivity index (χ3n) is 5.36. The van der Waals surface area contributed by atoms with Crippen LogP contribution in [0.4, 0.5) is 11.4 Å². The van der Waals surface area contributed by atoms with Gasteiger partial charge < -0.3 is 0 Å². The molecule has 5 nitrogen and oxygen atoms in total. The molecule has 0 radical (unpaired) electrons. The Morgan fingerprint density at radius 3 is 1.77 bits per heavy atom. The quantitative estimate of drug-likeness (QED) is 0.571. The fraction of sp³-hybridized carbons (Fsp3) is 0.192. The summed E-state index contributed by atoms with van der Waals surface area (Å²) in [4.78, 5) is 43.4. The van der Waals surface area contributed by atoms with Gasteiger partial charge in [-0.2, -0.15) is 0 Å². The molecule has 0 saturated carbocycles. The van der Waals surface area contributed by atoms with E-state index >= 15 is 0 Å². The van der Waals surface area contributed by atoms with Crippen molar-refractivity contribution in [3.05, 3.63) is 96.1 Å². The second-order valence-electron chi connectivity index (χ2n) is 8.02. The van der Waals surface area contributed by atoms with Crippen molar-refractivity contribution in [2.75, 3.05) is 9.80 Å². The smallest absolute Gasteiger partial charge is 0.265 e. The van der Waals surface area contributed by atoms with Crippen LogP contribution in [0.15, 0.2) is 84.9 Å². The standard InChI is InChI=1S/C26H24N2O3/c1-18(2)17-23-26(31)28(25(30)20-13-7-4-8-14-20)22-16-10-9-15-21(22)27(23)24(29)19-11-5-3-6-12-19/h3-16,18,23H,17H2,1-2H3/t23-/m1/s1. The van der Waals surface area contributed by atoms with Gasteiger partial charge in [-0.1, -0.05) is 62.4 Å². The summed E-state index contributed by atoms with van der Waals surface area (Å²) in [6.07, 6.45) is 0.449. The largest absolute Gasteiger partial charge is 0.294 e. The molecular formula is C26H24N2O3. The van der Waals surface area contributed by atoms with E-state index in [0.29, 0.717) is 28.9 Å². The Labute approximate surface area is 181 Å². The topological polar surface area (TPSA) is 57.7 Å². The van der Waals surface area contributed by atoms with Crippen LogP contribution in [0.2, 0.25) is 0 Å². The number of para-hydroxylation sites is 2. The van der Waals surface area contributed by atoms with Gasteiger partial charge in [-0.05, 0) is 48.7 Å². The lowest BCUT2D eigenvalue weighted by Crippen LogP contribution is -2.57. The second kappa shape index (κ2) is 8.56. The molecule has 1 aliphatic rings. The van der Waals surface area contributed by atoms with Crippen LogP contribution in [0.5, 0.6) is 0 Å². The molecule has 1 heterocycles. The fourth-order valence-corrected chi connectivity index (χ4v) is 3.95. The zero-order valence-corrected chi connectivity index (χ0v) is 17.6. The number of carbonyl (C=O) groups excluding carboxylic acids is 3. The predicted molar refractivity (Wildman–Crippen MR) is 121 cm³/mol. The van der Waals surface area contributed by atoms with E-state index < -0.39 is 11.9 Å². The first-order valence-corrected chi connectivity index (χ1v) is 10.4. The zero-order chi connectivity index (χ0) is 22.0. The van der Waals surface area contributed by atoms with Crippen LogP contribution in [0.3, 0.4) is 0 Å². The molecule has 0 bridgehead atoms. The van der Waals surface area contributed by atoms with Crippen molar-refractivity contribution in [3.8, 4) is 0 Å². The lowest BCUT2D eigenvalue weighted by Gasteiger charge is -2.41. The molecule has 1 atom stereocenters. The van der Waals surface area contributed by atoms with E-state index in [1.807, 2.05) is 32.0 Å². The minimum absolute atomic E-state index is 0.152. The number of carbonyl (C=O) groups is 3. The molecule has 4 rings (SSSR count). The molecule has 0 unspecified atom stereocenters. The summed E-state index contributed by atoms with van der Waals surface area (Å²) < 4.78 is 0. The number of hydrogen-bond acceptors (Lipinski definition) is 3. The van der Waals surface area contributed by atoms with E-state index in [1.54, 1.807) is 71.6 Å². The van der Waals surface area contributed by atoms with Crippen LogP contribution in [0.25, 0.3) is 0 Å². The normalized spacial score (nSPS) is 15.7. The number of nitrogens with zero attached hydrogens (tertiary/aromatic N) is 2. The summed E-state index contributed by atoms with van der Waals surface area (Å²) in [6, 6.07) is 24.0. The fourth-order valence-electron chi connectivity index (χ4n) is 3.95. The van der Waals surface area contributed by atoms with E-state index in [1.165, 1.54) is 4.90 Å². The SMILES string of the molecule is CC(C)C[C@@H]1C(=O)N(C(=O)c2ccccc2)c2ccccc2N1C(=O)c1ccccc1. The highest BCUT2D eigenvalue weighted by molar-refractivity contribution is 6.28. The molecule has 3 aromatic carbocycles. The number of anilines is 2. The maximum absolute atomic E-state index is 13.7. The van der Waals surface area contributed by atoms with Crippen LogP contribution in [0.1, 0.15) is 41.0 Å². The van der Waals surface area contributed by atoms with Crippen molar-refractivity contribution < 1.29 is 14.4 Å². The van der Waals surface area contributed by atoms with Crippen molar-refractivity contribution in [2.45, 2.75) is 26.3 Å². The van der Waals surface area contributed by atoms with Gasteiger partial charge in [0.15, 0.2) is 0 Å². The number of imide groups is 1. The molecule has 0 spiro atoms. The summed E-state index contributed by atoms with van der Waals surface area (Å²) in [5.74, 6) is -0.873. The van der Waals surface area contributed by atoms with Gasteiger partial charge in [-0.25, -0.2) is 4.90 Å². The average Bonchev–Trinajstić information content (AvgIpc) is 2.80. The average molecular weight is 412 g/mol. The summed E-state index contributed by atoms with van der Waals surface area (Å²) in [5.41, 5.74) is 1.91. The van der Waals surface area contributed by atoms with Crippen molar-refractivity contribution in [3.63, 3.8) is 0 Å². The Kier molecular flexibility index (Phi) is 5.67. The van der Waals surface area contributed by atoms with Crippen LogP contribution in [0, 0.1) is 5.92 Å². The number of rotatable bonds is 4. The third kappa shape index (κ3) is 3.87. The van der Waals surface area contributed by atoms with Gasteiger partial charge in [0.25, 0.3) is 17.7 Å². The van der Waals surface area contributed by atoms with Crippen molar-refractivity contribution in [2.24, 2.45) is 5.92 Å². The highest BCUT2D eigenvalue weighted by Crippen LogP contribution is 2.39. The molecule has 5 heteroatoms. The maximum atomic E-state index is 13.7. The van der Waals surface area contributed by atoms with Gasteiger partial charge in [0, 0.05) is 11.1 Å². The first kappa shape index (κ1) is 20.5. The molecule has 31 heavy (non-hydrogen) atoms. The molecule has 1 aliphatic heterocycles. The summed E-state index contributed by atoms with van der Waals surface area (Å²) in [5, 5.41) is 0. The molecule has 3 amide bonds. The number of fused-ring (bicyclic) bond motifs is 1. The Balaban J connectivity index is 1.86. The van der Waals surface area contributed by atoms with Gasteiger partial charge in [-0.15, -0.1) is 0 Å². The van der Waals surface area contributed by atoms with Gasteiger partial charge in [0.05, 0.1) is 11.4 Å². The first-order valence-electron chi connectivity index (χ1n) is 10.4. The van der Waals surface area contributed by atoms with Crippen molar-refractivity contribution in [1.82, 2.24) is 0 Å². The Morgan fingerprint density at radius 2 is 1.23 bits per heavy atom. The minimum Gasteiger partial charge on any atom is -0.294 e. The molecule has 0 fully saturated rings. The Morgan fingerprint density at radius 1 is 0.742 bits per heavy atom.